The summed E-state index contributed by atoms with van der Waals surface area (Å²) in [6, 6.07) is 4.71. The fraction of sp³-hybridized carbons (Fsp3) is 0.231. The molecule has 0 amide bonds. The lowest BCUT2D eigenvalue weighted by Crippen LogP contribution is -2.35. The molecule has 0 aliphatic carbocycles. The molecule has 2 aromatic rings. The average molecular weight is 304 g/mol. The molecule has 1 nitrogen and oxygen atoms in total. The topological polar surface area (TPSA) is 26.0 Å². The van der Waals surface area contributed by atoms with Crippen LogP contribution in [0.5, 0.6) is 0 Å². The number of halogens is 3. The summed E-state index contributed by atoms with van der Waals surface area (Å²) in [4.78, 5) is 0. The third kappa shape index (κ3) is 2.86. The first-order valence-corrected chi connectivity index (χ1v) is 7.05. The van der Waals surface area contributed by atoms with Crippen molar-refractivity contribution in [3.8, 4) is 0 Å². The Morgan fingerprint density at radius 3 is 2.67 bits per heavy atom. The van der Waals surface area contributed by atoms with Crippen molar-refractivity contribution in [2.24, 2.45) is 5.73 Å². The Morgan fingerprint density at radius 2 is 2.06 bits per heavy atom. The van der Waals surface area contributed by atoms with Gasteiger partial charge in [-0.15, -0.1) is 0 Å². The van der Waals surface area contributed by atoms with E-state index in [1.807, 2.05) is 23.8 Å². The van der Waals surface area contributed by atoms with Gasteiger partial charge < -0.3 is 5.73 Å². The molecule has 1 aromatic carbocycles. The maximum Gasteiger partial charge on any atom is 0.142 e. The van der Waals surface area contributed by atoms with Crippen LogP contribution in [0.1, 0.15) is 18.1 Å². The van der Waals surface area contributed by atoms with Gasteiger partial charge in [-0.2, -0.15) is 11.3 Å². The van der Waals surface area contributed by atoms with E-state index in [9.17, 15) is 4.39 Å². The van der Waals surface area contributed by atoms with Crippen molar-refractivity contribution in [2.75, 3.05) is 0 Å². The molecule has 0 aliphatic rings. The second kappa shape index (κ2) is 5.17. The minimum atomic E-state index is -0.733. The summed E-state index contributed by atoms with van der Waals surface area (Å²) < 4.78 is 13.5. The van der Waals surface area contributed by atoms with E-state index in [2.05, 4.69) is 0 Å². The van der Waals surface area contributed by atoms with Crippen molar-refractivity contribution in [2.45, 2.75) is 18.9 Å². The molecule has 18 heavy (non-hydrogen) atoms. The van der Waals surface area contributed by atoms with Crippen molar-refractivity contribution in [1.82, 2.24) is 0 Å². The molecule has 1 aromatic heterocycles. The Kier molecular flexibility index (Phi) is 3.97. The van der Waals surface area contributed by atoms with Gasteiger partial charge in [-0.3, -0.25) is 0 Å². The Bertz CT molecular complexity index is 552. The van der Waals surface area contributed by atoms with E-state index in [1.54, 1.807) is 11.3 Å². The molecule has 2 N–H and O–H groups in total. The second-order valence-electron chi connectivity index (χ2n) is 4.47. The van der Waals surface area contributed by atoms with Gasteiger partial charge in [0.1, 0.15) is 5.82 Å². The zero-order chi connectivity index (χ0) is 13.3. The van der Waals surface area contributed by atoms with Gasteiger partial charge in [0.15, 0.2) is 0 Å². The highest BCUT2D eigenvalue weighted by Crippen LogP contribution is 2.33. The quantitative estimate of drug-likeness (QED) is 0.823. The first-order valence-electron chi connectivity index (χ1n) is 5.35. The van der Waals surface area contributed by atoms with Gasteiger partial charge in [-0.1, -0.05) is 23.2 Å². The number of rotatable bonds is 3. The Balaban J connectivity index is 2.37. The van der Waals surface area contributed by atoms with Crippen molar-refractivity contribution < 1.29 is 4.39 Å². The van der Waals surface area contributed by atoms with Gasteiger partial charge in [0.05, 0.1) is 5.02 Å². The lowest BCUT2D eigenvalue weighted by Gasteiger charge is -2.26. The van der Waals surface area contributed by atoms with E-state index in [-0.39, 0.29) is 5.02 Å². The molecule has 5 heteroatoms. The smallest absolute Gasteiger partial charge is 0.142 e. The number of nitrogens with two attached hydrogens (primary N) is 1. The molecule has 1 atom stereocenters. The highest BCUT2D eigenvalue weighted by molar-refractivity contribution is 7.07. The van der Waals surface area contributed by atoms with Crippen molar-refractivity contribution >= 4 is 34.5 Å². The molecule has 0 bridgehead atoms. The van der Waals surface area contributed by atoms with E-state index in [1.165, 1.54) is 12.1 Å². The Morgan fingerprint density at radius 1 is 1.33 bits per heavy atom. The summed E-state index contributed by atoms with van der Waals surface area (Å²) >= 11 is 13.4. The number of thiophene rings is 1. The predicted octanol–water partition coefficient (Wildman–Crippen LogP) is 4.61. The third-order valence-corrected chi connectivity index (χ3v) is 4.11. The van der Waals surface area contributed by atoms with E-state index < -0.39 is 11.4 Å². The zero-order valence-corrected chi connectivity index (χ0v) is 12.0. The summed E-state index contributed by atoms with van der Waals surface area (Å²) in [5.74, 6) is -0.502. The van der Waals surface area contributed by atoms with Crippen LogP contribution in [0.15, 0.2) is 29.0 Å². The summed E-state index contributed by atoms with van der Waals surface area (Å²) in [6.45, 7) is 1.83. The van der Waals surface area contributed by atoms with Crippen LogP contribution in [-0.4, -0.2) is 0 Å². The van der Waals surface area contributed by atoms with E-state index in [4.69, 9.17) is 28.9 Å². The van der Waals surface area contributed by atoms with Gasteiger partial charge in [-0.25, -0.2) is 4.39 Å². The van der Waals surface area contributed by atoms with Crippen molar-refractivity contribution in [1.29, 1.82) is 0 Å². The minimum Gasteiger partial charge on any atom is -0.321 e. The van der Waals surface area contributed by atoms with Crippen LogP contribution < -0.4 is 5.73 Å². The molecule has 1 heterocycles. The number of hydrogen-bond donors (Lipinski definition) is 1. The summed E-state index contributed by atoms with van der Waals surface area (Å²) in [7, 11) is 0. The van der Waals surface area contributed by atoms with Crippen LogP contribution in [-0.2, 0) is 12.0 Å². The van der Waals surface area contributed by atoms with Gasteiger partial charge >= 0.3 is 0 Å². The van der Waals surface area contributed by atoms with Crippen molar-refractivity contribution in [3.05, 3.63) is 55.9 Å². The molecule has 1 unspecified atom stereocenters. The summed E-state index contributed by atoms with van der Waals surface area (Å²) in [5.41, 5.74) is 7.20. The molecule has 96 valence electrons. The lowest BCUT2D eigenvalue weighted by atomic mass is 9.87. The molecule has 0 saturated carbocycles. The van der Waals surface area contributed by atoms with Crippen molar-refractivity contribution in [3.63, 3.8) is 0 Å². The molecular weight excluding hydrogens is 292 g/mol. The molecule has 0 aliphatic heterocycles. The number of hydrogen-bond acceptors (Lipinski definition) is 2. The maximum absolute atomic E-state index is 13.5. The predicted molar refractivity (Wildman–Crippen MR) is 76.0 cm³/mol. The fourth-order valence-corrected chi connectivity index (χ4v) is 3.14. The Labute approximate surface area is 119 Å². The first kappa shape index (κ1) is 13.8. The molecule has 0 radical (unpaired) electrons. The zero-order valence-electron chi connectivity index (χ0n) is 9.71. The highest BCUT2D eigenvalue weighted by Gasteiger charge is 2.26. The molecule has 2 rings (SSSR count). The van der Waals surface area contributed by atoms with Crippen LogP contribution in [0, 0.1) is 5.82 Å². The van der Waals surface area contributed by atoms with Crippen LogP contribution >= 0.6 is 34.5 Å². The van der Waals surface area contributed by atoms with Gasteiger partial charge in [0.25, 0.3) is 0 Å². The van der Waals surface area contributed by atoms with E-state index in [0.29, 0.717) is 17.0 Å². The minimum absolute atomic E-state index is 0.00934. The van der Waals surface area contributed by atoms with Gasteiger partial charge in [-0.05, 0) is 53.4 Å². The van der Waals surface area contributed by atoms with Crippen LogP contribution in [0.3, 0.4) is 0 Å². The molecule has 0 fully saturated rings. The third-order valence-electron chi connectivity index (χ3n) is 2.78. The van der Waals surface area contributed by atoms with Crippen LogP contribution in [0.4, 0.5) is 4.39 Å². The first-order chi connectivity index (χ1) is 8.40. The number of benzene rings is 1. The summed E-state index contributed by atoms with van der Waals surface area (Å²) in [6.07, 6.45) is 0.595. The summed E-state index contributed by atoms with van der Waals surface area (Å²) in [5, 5.41) is 4.40. The fourth-order valence-electron chi connectivity index (χ4n) is 1.87. The second-order valence-corrected chi connectivity index (χ2v) is 6.07. The molecule has 0 saturated heterocycles. The standard InChI is InChI=1S/C13H12Cl2FNS/c1-13(17,6-8-2-3-18-7-8)9-4-12(16)11(15)5-10(9)14/h2-5,7H,6,17H2,1H3. The van der Waals surface area contributed by atoms with E-state index >= 15 is 0 Å². The van der Waals surface area contributed by atoms with Crippen LogP contribution in [0.25, 0.3) is 0 Å². The largest absolute Gasteiger partial charge is 0.321 e. The normalized spacial score (nSPS) is 14.5. The maximum atomic E-state index is 13.5. The average Bonchev–Trinajstić information content (AvgIpc) is 2.75. The van der Waals surface area contributed by atoms with Crippen LogP contribution in [0.2, 0.25) is 10.0 Å². The monoisotopic (exact) mass is 303 g/mol. The van der Waals surface area contributed by atoms with E-state index in [0.717, 1.165) is 5.56 Å². The highest BCUT2D eigenvalue weighted by atomic mass is 35.5. The molecule has 0 spiro atoms. The SMILES string of the molecule is CC(N)(Cc1ccsc1)c1cc(F)c(Cl)cc1Cl. The van der Waals surface area contributed by atoms with Gasteiger partial charge in [0.2, 0.25) is 0 Å². The molecular formula is C13H12Cl2FNS. The van der Waals surface area contributed by atoms with Gasteiger partial charge in [0, 0.05) is 10.6 Å². The lowest BCUT2D eigenvalue weighted by molar-refractivity contribution is 0.487. The Hall–Kier alpha value is -0.610.